The highest BCUT2D eigenvalue weighted by Crippen LogP contribution is 2.26. The number of hydrogen-bond acceptors (Lipinski definition) is 4. The number of ether oxygens (including phenoxy) is 1. The van der Waals surface area contributed by atoms with Gasteiger partial charge in [-0.05, 0) is 71.1 Å². The van der Waals surface area contributed by atoms with Gasteiger partial charge in [0.1, 0.15) is 17.7 Å². The second-order valence-electron chi connectivity index (χ2n) is 10.6. The van der Waals surface area contributed by atoms with Gasteiger partial charge in [0.15, 0.2) is 0 Å². The minimum absolute atomic E-state index is 0.131. The molecule has 2 unspecified atom stereocenters. The number of amides is 3. The fourth-order valence-electron chi connectivity index (χ4n) is 3.94. The molecule has 2 N–H and O–H groups in total. The molecule has 0 aliphatic rings. The Kier molecular flexibility index (Phi) is 10.1. The van der Waals surface area contributed by atoms with E-state index in [0.717, 1.165) is 11.1 Å². The zero-order chi connectivity index (χ0) is 27.0. The van der Waals surface area contributed by atoms with Crippen LogP contribution in [0.1, 0.15) is 70.7 Å². The third-order valence-electron chi connectivity index (χ3n) is 5.68. The number of anilines is 1. The summed E-state index contributed by atoms with van der Waals surface area (Å²) in [6.07, 6.45) is -0.247. The largest absolute Gasteiger partial charge is 0.444 e. The van der Waals surface area contributed by atoms with E-state index in [9.17, 15) is 14.4 Å². The summed E-state index contributed by atoms with van der Waals surface area (Å²) in [6.45, 7) is 15.3. The molecule has 0 spiro atoms. The Morgan fingerprint density at radius 2 is 1.58 bits per heavy atom. The maximum absolute atomic E-state index is 13.9. The highest BCUT2D eigenvalue weighted by Gasteiger charge is 2.36. The number of nitrogens with one attached hydrogen (secondary N) is 2. The number of carbonyl (C=O) groups is 3. The number of likely N-dealkylation sites (N-methyl/N-ethyl adjacent to an activating group) is 1. The minimum Gasteiger partial charge on any atom is -0.444 e. The smallest absolute Gasteiger partial charge is 0.408 e. The van der Waals surface area contributed by atoms with Gasteiger partial charge in [-0.1, -0.05) is 61.9 Å². The van der Waals surface area contributed by atoms with Gasteiger partial charge in [-0.2, -0.15) is 0 Å². The van der Waals surface area contributed by atoms with E-state index in [1.807, 2.05) is 83.1 Å². The zero-order valence-electron chi connectivity index (χ0n) is 22.8. The maximum atomic E-state index is 13.9. The first-order valence-corrected chi connectivity index (χ1v) is 12.6. The Balaban J connectivity index is 2.44. The lowest BCUT2D eigenvalue weighted by molar-refractivity contribution is -0.140. The third-order valence-corrected chi connectivity index (χ3v) is 5.68. The molecule has 2 atom stereocenters. The lowest BCUT2D eigenvalue weighted by Crippen LogP contribution is -2.52. The first kappa shape index (κ1) is 28.9. The van der Waals surface area contributed by atoms with Gasteiger partial charge in [-0.25, -0.2) is 4.79 Å². The van der Waals surface area contributed by atoms with E-state index in [-0.39, 0.29) is 24.3 Å². The maximum Gasteiger partial charge on any atom is 0.408 e. The van der Waals surface area contributed by atoms with Crippen molar-refractivity contribution < 1.29 is 19.1 Å². The molecule has 2 aromatic rings. The lowest BCUT2D eigenvalue weighted by Gasteiger charge is -2.34. The number of para-hydroxylation sites is 1. The Labute approximate surface area is 215 Å². The van der Waals surface area contributed by atoms with Crippen LogP contribution >= 0.6 is 0 Å². The van der Waals surface area contributed by atoms with Gasteiger partial charge in [0, 0.05) is 12.2 Å². The van der Waals surface area contributed by atoms with Gasteiger partial charge in [0.25, 0.3) is 5.91 Å². The quantitative estimate of drug-likeness (QED) is 0.462. The molecule has 0 aliphatic carbocycles. The van der Waals surface area contributed by atoms with Crippen molar-refractivity contribution in [2.45, 2.75) is 79.5 Å². The Hall–Kier alpha value is -3.35. The SMILES string of the molecule is CCN(C(=O)C(CC(C)C)NC(=O)OC(C)(C)C)C(C(=O)Nc1ccccc1C)c1ccc(C)cc1. The standard InChI is InChI=1S/C29H41N3O4/c1-9-32(27(34)24(18-19(2)3)31-28(35)36-29(6,7)8)25(22-16-14-20(4)15-17-22)26(33)30-23-13-11-10-12-21(23)5/h10-17,19,24-25H,9,18H2,1-8H3,(H,30,33)(H,31,35). The molecular weight excluding hydrogens is 454 g/mol. The van der Waals surface area contributed by atoms with Crippen LogP contribution in [0.2, 0.25) is 0 Å². The summed E-state index contributed by atoms with van der Waals surface area (Å²) in [5, 5.41) is 5.75. The summed E-state index contributed by atoms with van der Waals surface area (Å²) < 4.78 is 5.41. The predicted octanol–water partition coefficient (Wildman–Crippen LogP) is 5.77. The molecule has 7 nitrogen and oxygen atoms in total. The van der Waals surface area contributed by atoms with Crippen molar-refractivity contribution in [1.82, 2.24) is 10.2 Å². The Bertz CT molecular complexity index is 1040. The minimum atomic E-state index is -0.877. The van der Waals surface area contributed by atoms with E-state index in [2.05, 4.69) is 10.6 Å². The summed E-state index contributed by atoms with van der Waals surface area (Å²) in [5.74, 6) is -0.516. The highest BCUT2D eigenvalue weighted by atomic mass is 16.6. The van der Waals surface area contributed by atoms with E-state index in [0.29, 0.717) is 17.7 Å². The molecule has 0 heterocycles. The summed E-state index contributed by atoms with van der Waals surface area (Å²) >= 11 is 0. The molecule has 7 heteroatoms. The molecule has 196 valence electrons. The number of aryl methyl sites for hydroxylation is 2. The van der Waals surface area contributed by atoms with Gasteiger partial charge in [0.2, 0.25) is 5.91 Å². The van der Waals surface area contributed by atoms with Crippen LogP contribution in [0.3, 0.4) is 0 Å². The van der Waals surface area contributed by atoms with Crippen LogP contribution in [-0.2, 0) is 14.3 Å². The van der Waals surface area contributed by atoms with Crippen LogP contribution in [0.5, 0.6) is 0 Å². The van der Waals surface area contributed by atoms with Crippen molar-refractivity contribution >= 4 is 23.6 Å². The number of rotatable bonds is 9. The van der Waals surface area contributed by atoms with Crippen LogP contribution in [0, 0.1) is 19.8 Å². The molecular formula is C29H41N3O4. The van der Waals surface area contributed by atoms with Crippen molar-refractivity contribution in [2.75, 3.05) is 11.9 Å². The highest BCUT2D eigenvalue weighted by molar-refractivity contribution is 5.99. The molecule has 0 aromatic heterocycles. The fraction of sp³-hybridized carbons (Fsp3) is 0.483. The fourth-order valence-corrected chi connectivity index (χ4v) is 3.94. The van der Waals surface area contributed by atoms with Crippen LogP contribution in [-0.4, -0.2) is 41.0 Å². The molecule has 0 bridgehead atoms. The predicted molar refractivity (Wildman–Crippen MR) is 144 cm³/mol. The second kappa shape index (κ2) is 12.6. The summed E-state index contributed by atoms with van der Waals surface area (Å²) in [7, 11) is 0. The van der Waals surface area contributed by atoms with Gasteiger partial charge >= 0.3 is 6.09 Å². The van der Waals surface area contributed by atoms with Crippen LogP contribution in [0.25, 0.3) is 0 Å². The molecule has 0 saturated heterocycles. The Morgan fingerprint density at radius 3 is 2.11 bits per heavy atom. The van der Waals surface area contributed by atoms with Crippen LogP contribution in [0.4, 0.5) is 10.5 Å². The number of benzene rings is 2. The van der Waals surface area contributed by atoms with E-state index in [4.69, 9.17) is 4.74 Å². The number of nitrogens with zero attached hydrogens (tertiary/aromatic N) is 1. The molecule has 36 heavy (non-hydrogen) atoms. The second-order valence-corrected chi connectivity index (χ2v) is 10.6. The first-order chi connectivity index (χ1) is 16.8. The molecule has 3 amide bonds. The monoisotopic (exact) mass is 495 g/mol. The van der Waals surface area contributed by atoms with E-state index in [1.165, 1.54) is 4.90 Å². The normalized spacial score (nSPS) is 13.0. The molecule has 0 fully saturated rings. The third kappa shape index (κ3) is 8.40. The van der Waals surface area contributed by atoms with Gasteiger partial charge in [-0.3, -0.25) is 9.59 Å². The van der Waals surface area contributed by atoms with E-state index < -0.39 is 23.8 Å². The van der Waals surface area contributed by atoms with Crippen LogP contribution in [0.15, 0.2) is 48.5 Å². The molecule has 2 aromatic carbocycles. The first-order valence-electron chi connectivity index (χ1n) is 12.6. The van der Waals surface area contributed by atoms with Crippen molar-refractivity contribution in [2.24, 2.45) is 5.92 Å². The van der Waals surface area contributed by atoms with Crippen molar-refractivity contribution in [3.63, 3.8) is 0 Å². The number of hydrogen-bond donors (Lipinski definition) is 2. The van der Waals surface area contributed by atoms with Crippen molar-refractivity contribution in [1.29, 1.82) is 0 Å². The lowest BCUT2D eigenvalue weighted by atomic mass is 9.98. The van der Waals surface area contributed by atoms with Crippen molar-refractivity contribution in [3.8, 4) is 0 Å². The average molecular weight is 496 g/mol. The van der Waals surface area contributed by atoms with E-state index in [1.54, 1.807) is 20.8 Å². The van der Waals surface area contributed by atoms with Crippen LogP contribution < -0.4 is 10.6 Å². The number of carbonyl (C=O) groups excluding carboxylic acids is 3. The summed E-state index contributed by atoms with van der Waals surface area (Å²) in [6, 6.07) is 13.4. The molecule has 0 saturated carbocycles. The average Bonchev–Trinajstić information content (AvgIpc) is 2.77. The van der Waals surface area contributed by atoms with Gasteiger partial charge < -0.3 is 20.3 Å². The summed E-state index contributed by atoms with van der Waals surface area (Å²) in [5.41, 5.74) is 2.66. The topological polar surface area (TPSA) is 87.7 Å². The molecule has 0 radical (unpaired) electrons. The van der Waals surface area contributed by atoms with Gasteiger partial charge in [-0.15, -0.1) is 0 Å². The summed E-state index contributed by atoms with van der Waals surface area (Å²) in [4.78, 5) is 41.7. The zero-order valence-corrected chi connectivity index (χ0v) is 22.8. The molecule has 0 aliphatic heterocycles. The van der Waals surface area contributed by atoms with Crippen molar-refractivity contribution in [3.05, 3.63) is 65.2 Å². The Morgan fingerprint density at radius 1 is 0.972 bits per heavy atom. The molecule has 2 rings (SSSR count). The van der Waals surface area contributed by atoms with E-state index >= 15 is 0 Å². The van der Waals surface area contributed by atoms with Gasteiger partial charge in [0.05, 0.1) is 0 Å². The number of alkyl carbamates (subject to hydrolysis) is 1.